The van der Waals surface area contributed by atoms with Gasteiger partial charge in [-0.15, -0.1) is 0 Å². The molecule has 0 fully saturated rings. The molecule has 0 aliphatic rings. The Bertz CT molecular complexity index is 446. The Morgan fingerprint density at radius 3 is 2.52 bits per heavy atom. The first kappa shape index (κ1) is 17.5. The molecule has 4 nitrogen and oxygen atoms in total. The smallest absolute Gasteiger partial charge is 0.239 e. The number of hydrogen-bond donors (Lipinski definition) is 2. The molecule has 0 atom stereocenters. The zero-order valence-electron chi connectivity index (χ0n) is 13.8. The van der Waals surface area contributed by atoms with Gasteiger partial charge in [-0.25, -0.2) is 0 Å². The van der Waals surface area contributed by atoms with E-state index in [0.717, 1.165) is 38.2 Å². The van der Waals surface area contributed by atoms with Crippen LogP contribution in [0.3, 0.4) is 0 Å². The minimum Gasteiger partial charge on any atom is -0.365 e. The van der Waals surface area contributed by atoms with Crippen LogP contribution >= 0.6 is 0 Å². The maximum Gasteiger partial charge on any atom is 0.239 e. The minimum absolute atomic E-state index is 0.0747. The molecule has 0 unspecified atom stereocenters. The van der Waals surface area contributed by atoms with E-state index in [9.17, 15) is 4.79 Å². The summed E-state index contributed by atoms with van der Waals surface area (Å²) in [5.41, 5.74) is 3.66. The minimum atomic E-state index is 0.0747. The van der Waals surface area contributed by atoms with E-state index in [1.54, 1.807) is 0 Å². The van der Waals surface area contributed by atoms with Crippen LogP contribution in [0.15, 0.2) is 18.2 Å². The van der Waals surface area contributed by atoms with Crippen molar-refractivity contribution in [3.05, 3.63) is 29.3 Å². The normalized spacial score (nSPS) is 10.5. The molecule has 1 amide bonds. The molecule has 21 heavy (non-hydrogen) atoms. The van der Waals surface area contributed by atoms with Gasteiger partial charge in [0.25, 0.3) is 0 Å². The van der Waals surface area contributed by atoms with Crippen molar-refractivity contribution in [2.24, 2.45) is 0 Å². The molecule has 0 saturated heterocycles. The number of nitrogens with zero attached hydrogens (tertiary/aromatic N) is 1. The van der Waals surface area contributed by atoms with Crippen molar-refractivity contribution < 1.29 is 4.79 Å². The predicted molar refractivity (Wildman–Crippen MR) is 89.7 cm³/mol. The Labute approximate surface area is 128 Å². The lowest BCUT2D eigenvalue weighted by Crippen LogP contribution is -2.35. The van der Waals surface area contributed by atoms with Gasteiger partial charge in [0.15, 0.2) is 0 Å². The van der Waals surface area contributed by atoms with E-state index in [0.29, 0.717) is 6.54 Å². The van der Waals surface area contributed by atoms with E-state index in [-0.39, 0.29) is 5.91 Å². The average Bonchev–Trinajstić information content (AvgIpc) is 2.46. The Balaban J connectivity index is 2.58. The number of carbonyl (C=O) groups excluding carboxylic acids is 1. The van der Waals surface area contributed by atoms with Gasteiger partial charge in [0.2, 0.25) is 5.91 Å². The summed E-state index contributed by atoms with van der Waals surface area (Å²) in [5.74, 6) is 0.0747. The number of likely N-dealkylation sites (N-methyl/N-ethyl adjacent to an activating group) is 1. The lowest BCUT2D eigenvalue weighted by atomic mass is 10.1. The molecule has 0 aliphatic carbocycles. The maximum absolute atomic E-state index is 11.7. The number of anilines is 1. The van der Waals surface area contributed by atoms with Crippen LogP contribution in [0.25, 0.3) is 0 Å². The third-order valence-corrected chi connectivity index (χ3v) is 3.46. The van der Waals surface area contributed by atoms with Crippen LogP contribution in [0.4, 0.5) is 5.69 Å². The number of aryl methyl sites for hydroxylation is 1. The highest BCUT2D eigenvalue weighted by Crippen LogP contribution is 2.18. The summed E-state index contributed by atoms with van der Waals surface area (Å²) in [7, 11) is 1.95. The van der Waals surface area contributed by atoms with Crippen LogP contribution < -0.4 is 15.5 Å². The van der Waals surface area contributed by atoms with Gasteiger partial charge in [-0.2, -0.15) is 0 Å². The second kappa shape index (κ2) is 9.40. The first-order valence-electron chi connectivity index (χ1n) is 7.86. The topological polar surface area (TPSA) is 44.4 Å². The van der Waals surface area contributed by atoms with Gasteiger partial charge < -0.3 is 15.5 Å². The molecule has 0 radical (unpaired) electrons. The number of rotatable bonds is 9. The first-order chi connectivity index (χ1) is 10.1. The Kier molecular flexibility index (Phi) is 7.83. The highest BCUT2D eigenvalue weighted by molar-refractivity contribution is 5.81. The van der Waals surface area contributed by atoms with Gasteiger partial charge in [0.05, 0.1) is 6.54 Å². The zero-order valence-corrected chi connectivity index (χ0v) is 13.8. The van der Waals surface area contributed by atoms with Gasteiger partial charge in [0.1, 0.15) is 0 Å². The van der Waals surface area contributed by atoms with E-state index in [1.165, 1.54) is 11.1 Å². The summed E-state index contributed by atoms with van der Waals surface area (Å²) < 4.78 is 0. The molecule has 0 saturated carbocycles. The van der Waals surface area contributed by atoms with E-state index in [2.05, 4.69) is 49.6 Å². The zero-order chi connectivity index (χ0) is 15.7. The lowest BCUT2D eigenvalue weighted by Gasteiger charge is -2.20. The Hall–Kier alpha value is -1.55. The van der Waals surface area contributed by atoms with Crippen LogP contribution in [0.5, 0.6) is 0 Å². The van der Waals surface area contributed by atoms with Crippen LogP contribution in [0.1, 0.15) is 37.8 Å². The summed E-state index contributed by atoms with van der Waals surface area (Å²) in [4.78, 5) is 13.7. The molecule has 0 aromatic heterocycles. The molecular weight excluding hydrogens is 262 g/mol. The summed E-state index contributed by atoms with van der Waals surface area (Å²) in [6.07, 6.45) is 2.11. The molecule has 0 spiro atoms. The van der Waals surface area contributed by atoms with Crippen LogP contribution in [0.2, 0.25) is 0 Å². The highest BCUT2D eigenvalue weighted by atomic mass is 16.2. The van der Waals surface area contributed by atoms with Crippen molar-refractivity contribution in [3.63, 3.8) is 0 Å². The van der Waals surface area contributed by atoms with Crippen molar-refractivity contribution >= 4 is 11.6 Å². The largest absolute Gasteiger partial charge is 0.365 e. The summed E-state index contributed by atoms with van der Waals surface area (Å²) >= 11 is 0. The van der Waals surface area contributed by atoms with Crippen LogP contribution in [0, 0.1) is 6.92 Å². The van der Waals surface area contributed by atoms with Crippen molar-refractivity contribution in [3.8, 4) is 0 Å². The summed E-state index contributed by atoms with van der Waals surface area (Å²) in [5, 5.41) is 6.32. The third kappa shape index (κ3) is 6.17. The molecule has 1 rings (SSSR count). The molecule has 1 aromatic carbocycles. The lowest BCUT2D eigenvalue weighted by molar-refractivity contribution is -0.119. The first-order valence-corrected chi connectivity index (χ1v) is 7.86. The standard InChI is InChI=1S/C17H29N3O/c1-5-9-18-12-15-7-8-16(11-14(15)3)20(4)13-17(21)19-10-6-2/h7-8,11,18H,5-6,9-10,12-13H2,1-4H3,(H,19,21). The molecule has 2 N–H and O–H groups in total. The van der Waals surface area contributed by atoms with Crippen molar-refractivity contribution in [2.45, 2.75) is 40.2 Å². The molecule has 1 aromatic rings. The number of amides is 1. The van der Waals surface area contributed by atoms with E-state index in [1.807, 2.05) is 11.9 Å². The van der Waals surface area contributed by atoms with Crippen molar-refractivity contribution in [2.75, 3.05) is 31.6 Å². The second-order valence-electron chi connectivity index (χ2n) is 5.49. The highest BCUT2D eigenvalue weighted by Gasteiger charge is 2.08. The van der Waals surface area contributed by atoms with Crippen molar-refractivity contribution in [1.82, 2.24) is 10.6 Å². The molecule has 118 valence electrons. The fourth-order valence-corrected chi connectivity index (χ4v) is 2.14. The summed E-state index contributed by atoms with van der Waals surface area (Å²) in [6, 6.07) is 6.38. The Morgan fingerprint density at radius 2 is 1.90 bits per heavy atom. The Morgan fingerprint density at radius 1 is 1.19 bits per heavy atom. The monoisotopic (exact) mass is 291 g/mol. The van der Waals surface area contributed by atoms with Crippen LogP contribution in [-0.2, 0) is 11.3 Å². The van der Waals surface area contributed by atoms with E-state index >= 15 is 0 Å². The van der Waals surface area contributed by atoms with Crippen molar-refractivity contribution in [1.29, 1.82) is 0 Å². The average molecular weight is 291 g/mol. The fraction of sp³-hybridized carbons (Fsp3) is 0.588. The molecule has 0 aliphatic heterocycles. The van der Waals surface area contributed by atoms with Gasteiger partial charge in [-0.3, -0.25) is 4.79 Å². The fourth-order valence-electron chi connectivity index (χ4n) is 2.14. The number of hydrogen-bond acceptors (Lipinski definition) is 3. The molecular formula is C17H29N3O. The third-order valence-electron chi connectivity index (χ3n) is 3.46. The molecule has 4 heteroatoms. The SMILES string of the molecule is CCCNCc1ccc(N(C)CC(=O)NCCC)cc1C. The van der Waals surface area contributed by atoms with E-state index in [4.69, 9.17) is 0 Å². The predicted octanol–water partition coefficient (Wildman–Crippen LogP) is 2.46. The van der Waals surface area contributed by atoms with Gasteiger partial charge in [-0.1, -0.05) is 19.9 Å². The van der Waals surface area contributed by atoms with Crippen LogP contribution in [-0.4, -0.2) is 32.6 Å². The van der Waals surface area contributed by atoms with Gasteiger partial charge >= 0.3 is 0 Å². The second-order valence-corrected chi connectivity index (χ2v) is 5.49. The summed E-state index contributed by atoms with van der Waals surface area (Å²) in [6.45, 7) is 9.43. The van der Waals surface area contributed by atoms with E-state index < -0.39 is 0 Å². The quantitative estimate of drug-likeness (QED) is 0.687. The molecule has 0 bridgehead atoms. The molecule has 0 heterocycles. The maximum atomic E-state index is 11.7. The van der Waals surface area contributed by atoms with Gasteiger partial charge in [0, 0.05) is 25.8 Å². The number of benzene rings is 1. The van der Waals surface area contributed by atoms with Gasteiger partial charge in [-0.05, 0) is 49.6 Å². The number of nitrogens with one attached hydrogen (secondary N) is 2. The number of carbonyl (C=O) groups is 1.